The van der Waals surface area contributed by atoms with Crippen LogP contribution in [-0.2, 0) is 0 Å². The zero-order valence-electron chi connectivity index (χ0n) is 28.3. The van der Waals surface area contributed by atoms with Crippen molar-refractivity contribution in [3.05, 3.63) is 68.8 Å². The molecule has 2 heteroatoms. The van der Waals surface area contributed by atoms with E-state index < -0.39 is 0 Å². The fourth-order valence-electron chi connectivity index (χ4n) is 8.19. The zero-order chi connectivity index (χ0) is 30.9. The second-order valence-electron chi connectivity index (χ2n) is 14.7. The van der Waals surface area contributed by atoms with E-state index in [2.05, 4.69) is 93.5 Å². The number of phenols is 2. The van der Waals surface area contributed by atoms with E-state index >= 15 is 0 Å². The fraction of sp³-hybridized carbons (Fsp3) is 0.600. The first-order valence-electron chi connectivity index (χ1n) is 16.8. The number of aromatic hydroxyl groups is 2. The van der Waals surface area contributed by atoms with E-state index in [1.54, 1.807) is 0 Å². The molecule has 0 fully saturated rings. The Hall–Kier alpha value is -2.48. The predicted molar refractivity (Wildman–Crippen MR) is 181 cm³/mol. The smallest absolute Gasteiger partial charge is 0.126 e. The average molecular weight is 571 g/mol. The molecule has 0 radical (unpaired) electrons. The molecular weight excluding hydrogens is 512 g/mol. The number of benzene rings is 2. The minimum Gasteiger partial charge on any atom is -0.507 e. The van der Waals surface area contributed by atoms with Crippen LogP contribution in [0.25, 0.3) is 11.1 Å². The molecule has 42 heavy (non-hydrogen) atoms. The lowest BCUT2D eigenvalue weighted by Gasteiger charge is -2.39. The van der Waals surface area contributed by atoms with Crippen LogP contribution in [0.4, 0.5) is 0 Å². The van der Waals surface area contributed by atoms with Gasteiger partial charge in [-0.1, -0.05) is 63.1 Å². The molecule has 6 unspecified atom stereocenters. The molecule has 0 saturated carbocycles. The summed E-state index contributed by atoms with van der Waals surface area (Å²) in [7, 11) is 0. The van der Waals surface area contributed by atoms with Crippen LogP contribution in [0.15, 0.2) is 35.4 Å². The molecule has 2 nitrogen and oxygen atoms in total. The van der Waals surface area contributed by atoms with Crippen molar-refractivity contribution in [2.45, 2.75) is 144 Å². The van der Waals surface area contributed by atoms with Gasteiger partial charge in [-0.3, -0.25) is 0 Å². The number of fused-ring (bicyclic) bond motifs is 2. The van der Waals surface area contributed by atoms with E-state index in [0.29, 0.717) is 47.0 Å². The normalized spacial score (nSPS) is 23.0. The molecule has 2 aliphatic rings. The molecule has 2 aromatic rings. The maximum Gasteiger partial charge on any atom is 0.126 e. The predicted octanol–water partition coefficient (Wildman–Crippen LogP) is 12.1. The lowest BCUT2D eigenvalue weighted by Crippen LogP contribution is -2.22. The first-order valence-corrected chi connectivity index (χ1v) is 16.8. The molecule has 2 aromatic carbocycles. The van der Waals surface area contributed by atoms with Crippen LogP contribution in [0.2, 0.25) is 0 Å². The summed E-state index contributed by atoms with van der Waals surface area (Å²) in [4.78, 5) is 0. The molecule has 6 atom stereocenters. The summed E-state index contributed by atoms with van der Waals surface area (Å²) in [6.45, 7) is 22.4. The summed E-state index contributed by atoms with van der Waals surface area (Å²) >= 11 is 0. The number of allylic oxidation sites excluding steroid dienone is 4. The highest BCUT2D eigenvalue weighted by atomic mass is 16.3. The van der Waals surface area contributed by atoms with Gasteiger partial charge in [0.05, 0.1) is 0 Å². The summed E-state index contributed by atoms with van der Waals surface area (Å²) in [5.74, 6) is 3.50. The van der Waals surface area contributed by atoms with Crippen molar-refractivity contribution in [1.82, 2.24) is 0 Å². The van der Waals surface area contributed by atoms with E-state index in [4.69, 9.17) is 0 Å². The largest absolute Gasteiger partial charge is 0.507 e. The van der Waals surface area contributed by atoms with Crippen molar-refractivity contribution in [3.63, 3.8) is 0 Å². The van der Waals surface area contributed by atoms with E-state index in [0.717, 1.165) is 47.9 Å². The summed E-state index contributed by atoms with van der Waals surface area (Å²) < 4.78 is 0. The third-order valence-corrected chi connectivity index (χ3v) is 10.7. The fourth-order valence-corrected chi connectivity index (χ4v) is 8.19. The topological polar surface area (TPSA) is 40.5 Å². The van der Waals surface area contributed by atoms with Crippen molar-refractivity contribution < 1.29 is 10.2 Å². The average Bonchev–Trinajstić information content (AvgIpc) is 2.91. The van der Waals surface area contributed by atoms with Gasteiger partial charge in [0, 0.05) is 11.1 Å². The highest BCUT2D eigenvalue weighted by molar-refractivity contribution is 5.86. The Balaban J connectivity index is 1.90. The van der Waals surface area contributed by atoms with Crippen molar-refractivity contribution in [1.29, 1.82) is 0 Å². The second-order valence-corrected chi connectivity index (χ2v) is 14.7. The number of phenolic OH excluding ortho intramolecular Hbond substituents is 2. The maximum absolute atomic E-state index is 11.9. The lowest BCUT2D eigenvalue weighted by atomic mass is 9.66. The molecule has 0 spiro atoms. The SMILES string of the molecule is CC(C)=CCCC(C)C1CCC(C)c2c1cc(C)c(O)c2-c1c(O)c(C)cc2c1C(C)CCC2C(C)CCC=C(C)C. The van der Waals surface area contributed by atoms with Gasteiger partial charge in [0.1, 0.15) is 11.5 Å². The Morgan fingerprint density at radius 1 is 0.690 bits per heavy atom. The minimum absolute atomic E-state index is 0.344. The Morgan fingerprint density at radius 3 is 1.38 bits per heavy atom. The first kappa shape index (κ1) is 32.4. The molecule has 2 N–H and O–H groups in total. The Labute approximate surface area is 257 Å². The first-order chi connectivity index (χ1) is 19.8. The number of hydrogen-bond donors (Lipinski definition) is 2. The molecular formula is C40H58O2. The molecule has 230 valence electrons. The molecule has 2 aliphatic carbocycles. The van der Waals surface area contributed by atoms with Gasteiger partial charge in [0.2, 0.25) is 0 Å². The quantitative estimate of drug-likeness (QED) is 0.294. The van der Waals surface area contributed by atoms with Gasteiger partial charge in [0.15, 0.2) is 0 Å². The van der Waals surface area contributed by atoms with Gasteiger partial charge in [-0.05, 0) is 162 Å². The molecule has 0 bridgehead atoms. The van der Waals surface area contributed by atoms with Gasteiger partial charge in [-0.2, -0.15) is 0 Å². The lowest BCUT2D eigenvalue weighted by molar-refractivity contribution is 0.366. The van der Waals surface area contributed by atoms with Crippen LogP contribution in [-0.4, -0.2) is 10.2 Å². The molecule has 0 saturated heterocycles. The standard InChI is InChI=1S/C40H58O2/c1-23(2)13-11-15-25(5)31-19-17-27(7)35-33(31)21-29(9)39(41)37(35)38-36-28(8)18-20-32(26(6)16-12-14-24(3)4)34(36)22-30(10)40(38)42/h13-14,21-22,25-28,31-32,41-42H,11-12,15-20H2,1-10H3. The third-order valence-electron chi connectivity index (χ3n) is 10.7. The maximum atomic E-state index is 11.9. The molecule has 4 rings (SSSR count). The monoisotopic (exact) mass is 570 g/mol. The highest BCUT2D eigenvalue weighted by Gasteiger charge is 2.37. The zero-order valence-corrected chi connectivity index (χ0v) is 28.3. The van der Waals surface area contributed by atoms with Gasteiger partial charge in [-0.25, -0.2) is 0 Å². The van der Waals surface area contributed by atoms with Crippen LogP contribution in [0.1, 0.15) is 164 Å². The van der Waals surface area contributed by atoms with Crippen LogP contribution >= 0.6 is 0 Å². The summed E-state index contributed by atoms with van der Waals surface area (Å²) in [5, 5.41) is 23.7. The molecule has 0 heterocycles. The van der Waals surface area contributed by atoms with Crippen LogP contribution in [0, 0.1) is 25.7 Å². The van der Waals surface area contributed by atoms with E-state index in [1.807, 2.05) is 0 Å². The van der Waals surface area contributed by atoms with Crippen LogP contribution < -0.4 is 0 Å². The number of aryl methyl sites for hydroxylation is 2. The molecule has 0 aromatic heterocycles. The summed E-state index contributed by atoms with van der Waals surface area (Å²) in [6, 6.07) is 4.56. The van der Waals surface area contributed by atoms with E-state index in [9.17, 15) is 10.2 Å². The number of rotatable bonds is 9. The van der Waals surface area contributed by atoms with Gasteiger partial charge < -0.3 is 10.2 Å². The highest BCUT2D eigenvalue weighted by Crippen LogP contribution is 2.57. The Kier molecular flexibility index (Phi) is 10.4. The molecule has 0 amide bonds. The van der Waals surface area contributed by atoms with Crippen molar-refractivity contribution in [2.75, 3.05) is 0 Å². The third kappa shape index (κ3) is 6.53. The van der Waals surface area contributed by atoms with Gasteiger partial charge >= 0.3 is 0 Å². The van der Waals surface area contributed by atoms with Crippen molar-refractivity contribution in [2.24, 2.45) is 11.8 Å². The van der Waals surface area contributed by atoms with Crippen molar-refractivity contribution in [3.8, 4) is 22.6 Å². The van der Waals surface area contributed by atoms with Gasteiger partial charge in [0.25, 0.3) is 0 Å². The van der Waals surface area contributed by atoms with Gasteiger partial charge in [-0.15, -0.1) is 0 Å². The molecule has 0 aliphatic heterocycles. The number of hydrogen-bond acceptors (Lipinski definition) is 2. The Morgan fingerprint density at radius 2 is 1.05 bits per heavy atom. The van der Waals surface area contributed by atoms with Crippen molar-refractivity contribution >= 4 is 0 Å². The van der Waals surface area contributed by atoms with E-state index in [-0.39, 0.29) is 0 Å². The summed E-state index contributed by atoms with van der Waals surface area (Å²) in [6.07, 6.45) is 13.9. The van der Waals surface area contributed by atoms with Crippen LogP contribution in [0.5, 0.6) is 11.5 Å². The minimum atomic E-state index is 0.344. The van der Waals surface area contributed by atoms with Crippen LogP contribution in [0.3, 0.4) is 0 Å². The van der Waals surface area contributed by atoms with E-state index in [1.165, 1.54) is 59.1 Å². The Bertz CT molecular complexity index is 1230. The second kappa shape index (κ2) is 13.4. The summed E-state index contributed by atoms with van der Waals surface area (Å²) in [5.41, 5.74) is 11.9.